The van der Waals surface area contributed by atoms with Crippen molar-refractivity contribution in [1.82, 2.24) is 10.2 Å². The summed E-state index contributed by atoms with van der Waals surface area (Å²) in [5.41, 5.74) is 1.22. The third kappa shape index (κ3) is 8.75. The molecule has 0 aliphatic heterocycles. The van der Waals surface area contributed by atoms with Crippen molar-refractivity contribution < 1.29 is 18.0 Å². The Bertz CT molecular complexity index is 1740. The highest BCUT2D eigenvalue weighted by atomic mass is 35.5. The Morgan fingerprint density at radius 3 is 2.00 bits per heavy atom. The predicted octanol–water partition coefficient (Wildman–Crippen LogP) is 8.05. The fraction of sp³-hybridized carbons (Fsp3) is 0.235. The van der Waals surface area contributed by atoms with Crippen molar-refractivity contribution in [3.05, 3.63) is 128 Å². The van der Waals surface area contributed by atoms with E-state index in [1.54, 1.807) is 42.5 Å². The summed E-state index contributed by atoms with van der Waals surface area (Å²) in [4.78, 5) is 29.7. The highest BCUT2D eigenvalue weighted by molar-refractivity contribution is 7.92. The maximum Gasteiger partial charge on any atom is 0.264 e. The van der Waals surface area contributed by atoms with Crippen LogP contribution in [0.3, 0.4) is 0 Å². The summed E-state index contributed by atoms with van der Waals surface area (Å²) in [6.45, 7) is 1.54. The van der Waals surface area contributed by atoms with Crippen molar-refractivity contribution in [2.24, 2.45) is 0 Å². The largest absolute Gasteiger partial charge is 0.354 e. The molecule has 12 heteroatoms. The van der Waals surface area contributed by atoms with E-state index in [2.05, 4.69) is 5.32 Å². The molecule has 4 aromatic carbocycles. The van der Waals surface area contributed by atoms with Crippen LogP contribution in [0.25, 0.3) is 0 Å². The normalized spacial score (nSPS) is 11.9. The minimum Gasteiger partial charge on any atom is -0.354 e. The molecule has 0 aliphatic rings. The third-order valence-electron chi connectivity index (χ3n) is 7.30. The number of halogens is 4. The lowest BCUT2D eigenvalue weighted by molar-refractivity contribution is -0.140. The number of carbonyl (C=O) groups is 2. The van der Waals surface area contributed by atoms with Gasteiger partial charge in [-0.25, -0.2) is 8.42 Å². The minimum absolute atomic E-state index is 0.00843. The summed E-state index contributed by atoms with van der Waals surface area (Å²) < 4.78 is 29.2. The number of sulfonamides is 1. The Morgan fingerprint density at radius 2 is 1.37 bits per heavy atom. The smallest absolute Gasteiger partial charge is 0.264 e. The molecular formula is C34H33Cl4N3O4S. The van der Waals surface area contributed by atoms with Gasteiger partial charge in [-0.1, -0.05) is 120 Å². The zero-order valence-electron chi connectivity index (χ0n) is 25.0. The first-order valence-corrected chi connectivity index (χ1v) is 17.6. The fourth-order valence-electron chi connectivity index (χ4n) is 4.83. The van der Waals surface area contributed by atoms with Crippen LogP contribution in [0.15, 0.2) is 102 Å². The van der Waals surface area contributed by atoms with Crippen LogP contribution in [-0.2, 0) is 32.6 Å². The van der Waals surface area contributed by atoms with Gasteiger partial charge in [0, 0.05) is 35.1 Å². The average molecular weight is 722 g/mol. The maximum atomic E-state index is 14.6. The molecule has 0 aromatic heterocycles. The van der Waals surface area contributed by atoms with Crippen LogP contribution in [0.1, 0.15) is 30.9 Å². The molecule has 0 spiro atoms. The Morgan fingerprint density at radius 1 is 0.783 bits per heavy atom. The van der Waals surface area contributed by atoms with Crippen LogP contribution in [0.2, 0.25) is 20.1 Å². The van der Waals surface area contributed by atoms with Gasteiger partial charge in [-0.15, -0.1) is 0 Å². The molecular weight excluding hydrogens is 688 g/mol. The molecule has 0 bridgehead atoms. The van der Waals surface area contributed by atoms with Gasteiger partial charge in [-0.3, -0.25) is 13.9 Å². The highest BCUT2D eigenvalue weighted by Crippen LogP contribution is 2.36. The van der Waals surface area contributed by atoms with Gasteiger partial charge in [0.1, 0.15) is 12.6 Å². The van der Waals surface area contributed by atoms with Crippen molar-refractivity contribution in [2.75, 3.05) is 17.4 Å². The summed E-state index contributed by atoms with van der Waals surface area (Å²) in [6.07, 6.45) is 1.74. The second-order valence-electron chi connectivity index (χ2n) is 10.5. The van der Waals surface area contributed by atoms with E-state index in [9.17, 15) is 18.0 Å². The quantitative estimate of drug-likeness (QED) is 0.134. The Kier molecular flexibility index (Phi) is 12.8. The van der Waals surface area contributed by atoms with Gasteiger partial charge in [-0.05, 0) is 48.4 Å². The van der Waals surface area contributed by atoms with E-state index in [4.69, 9.17) is 46.4 Å². The average Bonchev–Trinajstić information content (AvgIpc) is 3.05. The van der Waals surface area contributed by atoms with Crippen molar-refractivity contribution in [3.8, 4) is 0 Å². The molecule has 0 saturated heterocycles. The first-order chi connectivity index (χ1) is 22.0. The zero-order chi connectivity index (χ0) is 33.3. The summed E-state index contributed by atoms with van der Waals surface area (Å²) in [6, 6.07) is 25.4. The SMILES string of the molecule is CCCCNC(=O)[C@@H](Cc1ccccc1)N(Cc1c(Cl)cccc1Cl)C(=O)CN(c1cccc(Cl)c1Cl)S(=O)(=O)c1ccccc1. The number of nitrogens with one attached hydrogen (secondary N) is 1. The molecule has 1 atom stereocenters. The van der Waals surface area contributed by atoms with Crippen molar-refractivity contribution >= 4 is 73.9 Å². The van der Waals surface area contributed by atoms with Crippen LogP contribution in [-0.4, -0.2) is 44.3 Å². The number of benzene rings is 4. The van der Waals surface area contributed by atoms with E-state index < -0.39 is 34.4 Å². The van der Waals surface area contributed by atoms with Gasteiger partial charge in [0.05, 0.1) is 20.6 Å². The number of carbonyl (C=O) groups excluding carboxylic acids is 2. The van der Waals surface area contributed by atoms with Gasteiger partial charge >= 0.3 is 0 Å². The molecule has 1 N–H and O–H groups in total. The summed E-state index contributed by atoms with van der Waals surface area (Å²) in [7, 11) is -4.34. The number of anilines is 1. The monoisotopic (exact) mass is 719 g/mol. The van der Waals surface area contributed by atoms with E-state index >= 15 is 0 Å². The Hall–Kier alpha value is -3.27. The predicted molar refractivity (Wildman–Crippen MR) is 186 cm³/mol. The first-order valence-electron chi connectivity index (χ1n) is 14.6. The van der Waals surface area contributed by atoms with Crippen LogP contribution in [0.4, 0.5) is 5.69 Å². The first kappa shape index (κ1) is 35.6. The lowest BCUT2D eigenvalue weighted by Gasteiger charge is -2.34. The van der Waals surface area contributed by atoms with Crippen LogP contribution in [0, 0.1) is 0 Å². The van der Waals surface area contributed by atoms with E-state index in [0.29, 0.717) is 22.2 Å². The number of nitrogens with zero attached hydrogens (tertiary/aromatic N) is 2. The second kappa shape index (κ2) is 16.5. The number of rotatable bonds is 14. The van der Waals surface area contributed by atoms with Crippen molar-refractivity contribution in [1.29, 1.82) is 0 Å². The van der Waals surface area contributed by atoms with Gasteiger partial charge in [-0.2, -0.15) is 0 Å². The van der Waals surface area contributed by atoms with Gasteiger partial charge in [0.25, 0.3) is 10.0 Å². The number of amides is 2. The second-order valence-corrected chi connectivity index (χ2v) is 13.9. The molecule has 242 valence electrons. The van der Waals surface area contributed by atoms with Crippen molar-refractivity contribution in [2.45, 2.75) is 43.7 Å². The maximum absolute atomic E-state index is 14.6. The van der Waals surface area contributed by atoms with Crippen LogP contribution < -0.4 is 9.62 Å². The molecule has 0 radical (unpaired) electrons. The molecule has 0 unspecified atom stereocenters. The summed E-state index contributed by atoms with van der Waals surface area (Å²) >= 11 is 26.0. The standard InChI is InChI=1S/C34H33Cl4N3O4S/c1-2-3-20-39-34(43)31(21-24-12-6-4-7-13-24)40(22-26-27(35)16-10-17-28(26)36)32(42)23-41(30-19-11-18-29(37)33(30)38)46(44,45)25-14-8-5-9-15-25/h4-19,31H,2-3,20-23H2,1H3,(H,39,43)/t31-/m1/s1. The van der Waals surface area contributed by atoms with Gasteiger partial charge in [0.15, 0.2) is 0 Å². The molecule has 0 fully saturated rings. The molecule has 0 saturated carbocycles. The molecule has 4 rings (SSSR count). The lowest BCUT2D eigenvalue weighted by Crippen LogP contribution is -2.53. The number of hydrogen-bond donors (Lipinski definition) is 1. The van der Waals surface area contributed by atoms with Crippen LogP contribution >= 0.6 is 46.4 Å². The summed E-state index contributed by atoms with van der Waals surface area (Å²) in [5, 5.41) is 3.59. The molecule has 2 amide bonds. The lowest BCUT2D eigenvalue weighted by atomic mass is 10.0. The molecule has 7 nitrogen and oxygen atoms in total. The van der Waals surface area contributed by atoms with E-state index in [-0.39, 0.29) is 33.6 Å². The van der Waals surface area contributed by atoms with E-state index in [1.807, 2.05) is 37.3 Å². The zero-order valence-corrected chi connectivity index (χ0v) is 28.8. The molecule has 46 heavy (non-hydrogen) atoms. The minimum atomic E-state index is -4.34. The Labute approximate surface area is 290 Å². The summed E-state index contributed by atoms with van der Waals surface area (Å²) in [5.74, 6) is -1.08. The number of unbranched alkanes of at least 4 members (excludes halogenated alkanes) is 1. The molecule has 4 aromatic rings. The fourth-order valence-corrected chi connectivity index (χ4v) is 7.24. The molecule has 0 aliphatic carbocycles. The van der Waals surface area contributed by atoms with E-state index in [1.165, 1.54) is 29.2 Å². The van der Waals surface area contributed by atoms with Gasteiger partial charge < -0.3 is 10.2 Å². The third-order valence-corrected chi connectivity index (χ3v) is 10.6. The Balaban J connectivity index is 1.85. The van der Waals surface area contributed by atoms with Crippen molar-refractivity contribution in [3.63, 3.8) is 0 Å². The molecule has 0 heterocycles. The number of hydrogen-bond acceptors (Lipinski definition) is 4. The topological polar surface area (TPSA) is 86.8 Å². The van der Waals surface area contributed by atoms with Gasteiger partial charge in [0.2, 0.25) is 11.8 Å². The van der Waals surface area contributed by atoms with E-state index in [0.717, 1.165) is 22.7 Å². The van der Waals surface area contributed by atoms with Crippen LogP contribution in [0.5, 0.6) is 0 Å². The highest BCUT2D eigenvalue weighted by Gasteiger charge is 2.36.